The second-order valence-electron chi connectivity index (χ2n) is 16.3. The number of carbonyl (C=O) groups is 1. The van der Waals surface area contributed by atoms with E-state index in [1.165, 1.54) is 22.7 Å². The molecule has 0 aliphatic carbocycles. The van der Waals surface area contributed by atoms with Crippen LogP contribution in [-0.2, 0) is 30.9 Å². The highest BCUT2D eigenvalue weighted by Gasteiger charge is 2.45. The van der Waals surface area contributed by atoms with Gasteiger partial charge in [-0.25, -0.2) is 23.0 Å². The van der Waals surface area contributed by atoms with E-state index in [1.54, 1.807) is 24.3 Å². The van der Waals surface area contributed by atoms with Gasteiger partial charge >= 0.3 is 5.97 Å². The van der Waals surface area contributed by atoms with Crippen LogP contribution in [0.2, 0.25) is 0 Å². The van der Waals surface area contributed by atoms with Gasteiger partial charge in [-0.1, -0.05) is 19.4 Å². The molecule has 3 aliphatic rings. The van der Waals surface area contributed by atoms with Crippen LogP contribution in [0.4, 0.5) is 18.9 Å². The average molecular weight is 894 g/mol. The minimum Gasteiger partial charge on any atom is -0.481 e. The lowest BCUT2D eigenvalue weighted by Crippen LogP contribution is -2.48. The summed E-state index contributed by atoms with van der Waals surface area (Å²) >= 11 is 2.97. The average Bonchev–Trinajstić information content (AvgIpc) is 3.92. The number of rotatable bonds is 14. The summed E-state index contributed by atoms with van der Waals surface area (Å²) in [6.45, 7) is 7.94. The largest absolute Gasteiger partial charge is 0.481 e. The predicted octanol–water partition coefficient (Wildman–Crippen LogP) is 9.77. The molecule has 320 valence electrons. The zero-order valence-corrected chi connectivity index (χ0v) is 36.4. The zero-order chi connectivity index (χ0) is 43.8. The number of allylic oxidation sites excluding steroid dienone is 1. The van der Waals surface area contributed by atoms with Crippen LogP contribution in [0, 0.1) is 17.5 Å². The topological polar surface area (TPSA) is 137 Å². The van der Waals surface area contributed by atoms with E-state index in [9.17, 15) is 17.8 Å². The summed E-state index contributed by atoms with van der Waals surface area (Å²) in [5.41, 5.74) is 2.15. The molecule has 0 bridgehead atoms. The van der Waals surface area contributed by atoms with Crippen molar-refractivity contribution in [2.75, 3.05) is 19.0 Å². The highest BCUT2D eigenvalue weighted by molar-refractivity contribution is 7.86. The van der Waals surface area contributed by atoms with Crippen LogP contribution < -0.4 is 24.8 Å². The standard InChI is InChI=1S/C45H43F3N2O8S3/c1-24(58-53)11-8-10-16-45(3)30-14-18-60-42(30)26-20-28-36(23-34(26)50(45)5)57-35-22-33-25(19-27(35)38(28)39-40(48)31(46)21-32(47)43(39)61(54,55)56)41-29(13-17-59-41)44(2,49(33)4)15-9-6-7-12-37(51)52/h13-14,17-23H,1,6-12,15-16H2,2-5H3,(H2-,51,52,53,54,55,56)/p+1. The van der Waals surface area contributed by atoms with Crippen molar-refractivity contribution in [1.82, 2.24) is 4.58 Å². The fraction of sp³-hybridized carbons (Fsp3) is 0.333. The summed E-state index contributed by atoms with van der Waals surface area (Å²) < 4.78 is 93.0. The summed E-state index contributed by atoms with van der Waals surface area (Å²) in [6, 6.07) is 11.2. The van der Waals surface area contributed by atoms with Gasteiger partial charge in [0, 0.05) is 89.0 Å². The number of ether oxygens (including phenoxy) is 1. The van der Waals surface area contributed by atoms with Crippen molar-refractivity contribution in [2.45, 2.75) is 87.6 Å². The van der Waals surface area contributed by atoms with Crippen molar-refractivity contribution < 1.29 is 50.9 Å². The summed E-state index contributed by atoms with van der Waals surface area (Å²) in [4.78, 5) is 18.0. The molecule has 16 heteroatoms. The van der Waals surface area contributed by atoms with Gasteiger partial charge in [-0.05, 0) is 73.2 Å². The molecule has 10 nitrogen and oxygen atoms in total. The Bertz CT molecular complexity index is 2910. The van der Waals surface area contributed by atoms with E-state index in [2.05, 4.69) is 34.8 Å². The summed E-state index contributed by atoms with van der Waals surface area (Å²) in [7, 11) is -1.58. The number of fused-ring (bicyclic) bond motifs is 8. The molecule has 5 heterocycles. The number of benzene rings is 3. The molecule has 0 fully saturated rings. The minimum absolute atomic E-state index is 0.0858. The molecular weight excluding hydrogens is 850 g/mol. The Hall–Kier alpha value is -5.00. The third-order valence-corrected chi connectivity index (χ3v) is 15.6. The Morgan fingerprint density at radius 2 is 1.56 bits per heavy atom. The fourth-order valence-electron chi connectivity index (χ4n) is 9.34. The van der Waals surface area contributed by atoms with Gasteiger partial charge in [0.1, 0.15) is 35.0 Å². The fourth-order valence-corrected chi connectivity index (χ4v) is 12.2. The Labute approximate surface area is 358 Å². The van der Waals surface area contributed by atoms with Gasteiger partial charge in [0.05, 0.1) is 22.0 Å². The monoisotopic (exact) mass is 893 g/mol. The van der Waals surface area contributed by atoms with Gasteiger partial charge in [0.2, 0.25) is 5.36 Å². The zero-order valence-electron chi connectivity index (χ0n) is 33.9. The number of nitrogens with zero attached hydrogens (tertiary/aromatic N) is 2. The first-order valence-corrected chi connectivity index (χ1v) is 23.0. The Kier molecular flexibility index (Phi) is 11.0. The Balaban J connectivity index is 1.38. The van der Waals surface area contributed by atoms with Crippen LogP contribution in [0.25, 0.3) is 26.5 Å². The van der Waals surface area contributed by atoms with E-state index in [0.717, 1.165) is 51.2 Å². The Morgan fingerprint density at radius 3 is 2.25 bits per heavy atom. The van der Waals surface area contributed by atoms with E-state index in [0.29, 0.717) is 43.2 Å². The van der Waals surface area contributed by atoms with Gasteiger partial charge in [0.25, 0.3) is 10.1 Å². The third-order valence-electron chi connectivity index (χ3n) is 12.8. The van der Waals surface area contributed by atoms with Crippen LogP contribution in [0.5, 0.6) is 11.5 Å². The molecule has 0 spiro atoms. The molecule has 3 aliphatic heterocycles. The van der Waals surface area contributed by atoms with E-state index in [1.807, 2.05) is 37.0 Å². The molecule has 0 amide bonds. The second-order valence-corrected chi connectivity index (χ2v) is 19.5. The summed E-state index contributed by atoms with van der Waals surface area (Å²) in [5, 5.41) is 23.0. The van der Waals surface area contributed by atoms with E-state index in [4.69, 9.17) is 15.1 Å². The summed E-state index contributed by atoms with van der Waals surface area (Å²) in [6.07, 6.45) is 5.45. The maximum atomic E-state index is 16.5. The minimum atomic E-state index is -5.47. The number of hydrogen-bond acceptors (Lipinski definition) is 9. The first kappa shape index (κ1) is 42.7. The van der Waals surface area contributed by atoms with Gasteiger partial charge in [0.15, 0.2) is 17.2 Å². The quantitative estimate of drug-likeness (QED) is 0.0186. The lowest BCUT2D eigenvalue weighted by molar-refractivity contribution is -0.205. The second kappa shape index (κ2) is 15.7. The van der Waals surface area contributed by atoms with Crippen LogP contribution in [0.3, 0.4) is 0 Å². The van der Waals surface area contributed by atoms with Crippen LogP contribution >= 0.6 is 22.7 Å². The van der Waals surface area contributed by atoms with Gasteiger partial charge in [-0.15, -0.1) is 22.7 Å². The molecule has 2 unspecified atom stereocenters. The highest BCUT2D eigenvalue weighted by atomic mass is 32.2. The number of thiophene rings is 2. The SMILES string of the molecule is C=C(CCCCC1(C)c2ccsc2-c2cc3c(cc2=[N+]1C)Oc1cc2c(cc1C=3c1c(F)c(F)cc(F)c1S(=O)(=O)O)-c1sccc1C(C)(CCCCCC(=O)O)N2C)OO. The number of halogens is 3. The van der Waals surface area contributed by atoms with Crippen molar-refractivity contribution in [3.05, 3.63) is 116 Å². The molecule has 0 saturated carbocycles. The van der Waals surface area contributed by atoms with Crippen molar-refractivity contribution >= 4 is 50.0 Å². The van der Waals surface area contributed by atoms with Crippen molar-refractivity contribution in [2.24, 2.45) is 0 Å². The van der Waals surface area contributed by atoms with E-state index in [-0.39, 0.29) is 46.1 Å². The molecule has 3 N–H and O–H groups in total. The van der Waals surface area contributed by atoms with E-state index >= 15 is 13.2 Å². The third kappa shape index (κ3) is 7.05. The number of aliphatic carboxylic acids is 1. The molecule has 5 aromatic rings. The van der Waals surface area contributed by atoms with Crippen LogP contribution in [-0.4, -0.2) is 43.4 Å². The molecule has 8 rings (SSSR count). The van der Waals surface area contributed by atoms with Crippen molar-refractivity contribution in [3.63, 3.8) is 0 Å². The number of carboxylic acids is 1. The number of anilines is 1. The lowest BCUT2D eigenvalue weighted by Gasteiger charge is -2.46. The first-order valence-electron chi connectivity index (χ1n) is 19.8. The molecular formula is C45H44F3N2O8S3+. The van der Waals surface area contributed by atoms with E-state index < -0.39 is 55.1 Å². The molecule has 61 heavy (non-hydrogen) atoms. The molecule has 2 aromatic heterocycles. The molecule has 3 aromatic carbocycles. The highest BCUT2D eigenvalue weighted by Crippen LogP contribution is 2.55. The Morgan fingerprint density at radius 1 is 0.885 bits per heavy atom. The molecule has 0 saturated heterocycles. The summed E-state index contributed by atoms with van der Waals surface area (Å²) in [5.74, 6) is -5.17. The molecule has 2 atom stereocenters. The first-order chi connectivity index (χ1) is 28.9. The van der Waals surface area contributed by atoms with Gasteiger partial charge < -0.3 is 19.6 Å². The maximum absolute atomic E-state index is 16.5. The lowest BCUT2D eigenvalue weighted by atomic mass is 9.79. The smallest absolute Gasteiger partial charge is 0.303 e. The van der Waals surface area contributed by atoms with Gasteiger partial charge in [-0.2, -0.15) is 8.42 Å². The number of unbranched alkanes of at least 4 members (excludes halogenated alkanes) is 3. The van der Waals surface area contributed by atoms with Crippen molar-refractivity contribution in [1.29, 1.82) is 0 Å². The number of carboxylic acid groups (broad SMARTS) is 1. The van der Waals surface area contributed by atoms with Crippen LogP contribution in [0.15, 0.2) is 70.5 Å². The van der Waals surface area contributed by atoms with Crippen molar-refractivity contribution in [3.8, 4) is 32.4 Å². The van der Waals surface area contributed by atoms with Gasteiger partial charge in [-0.3, -0.25) is 9.35 Å². The maximum Gasteiger partial charge on any atom is 0.303 e. The number of hydrogen-bond donors (Lipinski definition) is 3. The normalized spacial score (nSPS) is 18.7. The predicted molar refractivity (Wildman–Crippen MR) is 229 cm³/mol. The van der Waals surface area contributed by atoms with Crippen LogP contribution in [0.1, 0.15) is 93.9 Å². The molecule has 0 radical (unpaired) electrons.